The van der Waals surface area contributed by atoms with Crippen molar-refractivity contribution in [2.75, 3.05) is 13.2 Å². The number of hydrogen-bond acceptors (Lipinski definition) is 2. The van der Waals surface area contributed by atoms with E-state index in [1.807, 2.05) is 0 Å². The van der Waals surface area contributed by atoms with E-state index in [-0.39, 0.29) is 12.1 Å². The van der Waals surface area contributed by atoms with Gasteiger partial charge in [-0.15, -0.1) is 0 Å². The van der Waals surface area contributed by atoms with Gasteiger partial charge in [0.2, 0.25) is 0 Å². The summed E-state index contributed by atoms with van der Waals surface area (Å²) in [4.78, 5) is 0. The monoisotopic (exact) mass is 569 g/mol. The lowest BCUT2D eigenvalue weighted by Gasteiger charge is -2.31. The summed E-state index contributed by atoms with van der Waals surface area (Å²) in [6, 6.07) is 52.3. The summed E-state index contributed by atoms with van der Waals surface area (Å²) in [5, 5.41) is 8.90. The summed E-state index contributed by atoms with van der Waals surface area (Å²) in [6.07, 6.45) is -0.0505. The first-order valence-corrected chi connectivity index (χ1v) is 15.4. The van der Waals surface area contributed by atoms with Gasteiger partial charge < -0.3 is 19.2 Å². The Bertz CT molecular complexity index is 2290. The lowest BCUT2D eigenvalue weighted by atomic mass is 10.00. The van der Waals surface area contributed by atoms with Crippen LogP contribution in [-0.4, -0.2) is 22.3 Å². The van der Waals surface area contributed by atoms with Gasteiger partial charge in [0.1, 0.15) is 0 Å². The molecule has 1 N–H and O–H groups in total. The maximum atomic E-state index is 6.72. The van der Waals surface area contributed by atoms with E-state index in [2.05, 4.69) is 160 Å². The number of benzene rings is 6. The first-order valence-electron chi connectivity index (χ1n) is 15.4. The molecular formula is C40H31N3O. The van der Waals surface area contributed by atoms with Gasteiger partial charge in [0.25, 0.3) is 0 Å². The van der Waals surface area contributed by atoms with Crippen LogP contribution in [0.15, 0.2) is 146 Å². The van der Waals surface area contributed by atoms with E-state index in [9.17, 15) is 0 Å². The van der Waals surface area contributed by atoms with Crippen molar-refractivity contribution in [3.8, 4) is 11.4 Å². The van der Waals surface area contributed by atoms with Crippen LogP contribution in [0, 0.1) is 0 Å². The summed E-state index contributed by atoms with van der Waals surface area (Å²) in [5.41, 5.74) is 9.69. The highest BCUT2D eigenvalue weighted by atomic mass is 16.5. The van der Waals surface area contributed by atoms with Crippen LogP contribution in [0.1, 0.15) is 23.3 Å². The van der Waals surface area contributed by atoms with Crippen molar-refractivity contribution in [2.24, 2.45) is 0 Å². The van der Waals surface area contributed by atoms with E-state index in [1.165, 1.54) is 60.4 Å². The van der Waals surface area contributed by atoms with E-state index in [4.69, 9.17) is 4.74 Å². The van der Waals surface area contributed by atoms with Crippen molar-refractivity contribution in [3.63, 3.8) is 0 Å². The molecule has 0 aliphatic carbocycles. The van der Waals surface area contributed by atoms with Gasteiger partial charge in [-0.2, -0.15) is 0 Å². The molecule has 0 radical (unpaired) electrons. The van der Waals surface area contributed by atoms with E-state index in [0.29, 0.717) is 6.61 Å². The molecule has 2 unspecified atom stereocenters. The fraction of sp³-hybridized carbons (Fsp3) is 0.100. The molecule has 2 aromatic heterocycles. The summed E-state index contributed by atoms with van der Waals surface area (Å²) in [6.45, 7) is 1.35. The first-order chi connectivity index (χ1) is 21.8. The van der Waals surface area contributed by atoms with Gasteiger partial charge in [0, 0.05) is 45.0 Å². The van der Waals surface area contributed by atoms with Gasteiger partial charge in [-0.1, -0.05) is 97.1 Å². The quantitative estimate of drug-likeness (QED) is 0.229. The van der Waals surface area contributed by atoms with Crippen LogP contribution in [0.3, 0.4) is 0 Å². The van der Waals surface area contributed by atoms with Crippen molar-refractivity contribution >= 4 is 43.6 Å². The molecule has 8 aromatic rings. The Labute approximate surface area is 255 Å². The minimum absolute atomic E-state index is 0.0505. The number of morpholine rings is 1. The Morgan fingerprint density at radius 2 is 1.11 bits per heavy atom. The van der Waals surface area contributed by atoms with Crippen LogP contribution < -0.4 is 5.32 Å². The number of ether oxygens (including phenoxy) is 1. The fourth-order valence-corrected chi connectivity index (χ4v) is 7.21. The molecule has 212 valence electrons. The summed E-state index contributed by atoms with van der Waals surface area (Å²) in [5.74, 6) is 0. The molecule has 1 aliphatic heterocycles. The number of fused-ring (bicyclic) bond motifs is 6. The fourth-order valence-electron chi connectivity index (χ4n) is 7.21. The predicted molar refractivity (Wildman–Crippen MR) is 181 cm³/mol. The second-order valence-electron chi connectivity index (χ2n) is 11.7. The van der Waals surface area contributed by atoms with Crippen molar-refractivity contribution in [3.05, 3.63) is 157 Å². The molecule has 4 heteroatoms. The average Bonchev–Trinajstić information content (AvgIpc) is 3.62. The van der Waals surface area contributed by atoms with Gasteiger partial charge in [-0.25, -0.2) is 0 Å². The van der Waals surface area contributed by atoms with Crippen LogP contribution in [0.2, 0.25) is 0 Å². The molecule has 1 fully saturated rings. The van der Waals surface area contributed by atoms with Crippen molar-refractivity contribution in [1.82, 2.24) is 14.5 Å². The molecule has 9 rings (SSSR count). The first kappa shape index (κ1) is 25.3. The second-order valence-corrected chi connectivity index (χ2v) is 11.7. The number of nitrogens with one attached hydrogen (secondary N) is 1. The Morgan fingerprint density at radius 1 is 0.523 bits per heavy atom. The van der Waals surface area contributed by atoms with Crippen LogP contribution in [0.4, 0.5) is 0 Å². The van der Waals surface area contributed by atoms with Gasteiger partial charge in [-0.05, 0) is 54.1 Å². The Balaban J connectivity index is 1.08. The zero-order chi connectivity index (χ0) is 29.0. The highest BCUT2D eigenvalue weighted by molar-refractivity contribution is 6.11. The van der Waals surface area contributed by atoms with Gasteiger partial charge in [0.05, 0.1) is 40.8 Å². The van der Waals surface area contributed by atoms with E-state index >= 15 is 0 Å². The summed E-state index contributed by atoms with van der Waals surface area (Å²) < 4.78 is 11.5. The highest BCUT2D eigenvalue weighted by Gasteiger charge is 2.27. The molecular weight excluding hydrogens is 538 g/mol. The lowest BCUT2D eigenvalue weighted by molar-refractivity contribution is 0.00309. The minimum atomic E-state index is -0.0505. The number of rotatable bonds is 4. The molecule has 4 nitrogen and oxygen atoms in total. The van der Waals surface area contributed by atoms with E-state index in [0.717, 1.165) is 12.2 Å². The normalized spacial score (nSPS) is 17.2. The van der Waals surface area contributed by atoms with E-state index < -0.39 is 0 Å². The lowest BCUT2D eigenvalue weighted by Crippen LogP contribution is -2.37. The van der Waals surface area contributed by atoms with Crippen LogP contribution in [0.5, 0.6) is 0 Å². The summed E-state index contributed by atoms with van der Waals surface area (Å²) in [7, 11) is 0. The third kappa shape index (κ3) is 3.92. The summed E-state index contributed by atoms with van der Waals surface area (Å²) >= 11 is 0. The Morgan fingerprint density at radius 3 is 1.82 bits per heavy atom. The SMILES string of the molecule is c1ccc(-n2c3ccccc3c3cc(C4COC(c5cccc6c7ccccc7n(-c7ccccc7)c56)CN4)ccc32)cc1. The number of aromatic nitrogens is 2. The molecule has 1 aliphatic rings. The van der Waals surface area contributed by atoms with Crippen LogP contribution in [-0.2, 0) is 4.74 Å². The predicted octanol–water partition coefficient (Wildman–Crippen LogP) is 9.28. The maximum Gasteiger partial charge on any atom is 0.0970 e. The minimum Gasteiger partial charge on any atom is -0.370 e. The average molecular weight is 570 g/mol. The van der Waals surface area contributed by atoms with Crippen LogP contribution in [0.25, 0.3) is 55.0 Å². The standard InChI is InChI=1S/C40H31N3O/c1-3-12-28(13-4-1)42-36-20-9-8-17-31(36)34-24-27(22-23-38(34)42)35-26-44-39(25-41-35)33-19-11-18-32-30-16-7-10-21-37(30)43(40(32)33)29-14-5-2-6-15-29/h1-24,35,39,41H,25-26H2. The topological polar surface area (TPSA) is 31.1 Å². The molecule has 0 saturated carbocycles. The smallest absolute Gasteiger partial charge is 0.0970 e. The molecule has 6 aromatic carbocycles. The largest absolute Gasteiger partial charge is 0.370 e. The van der Waals surface area contributed by atoms with Crippen molar-refractivity contribution < 1.29 is 4.74 Å². The van der Waals surface area contributed by atoms with Crippen molar-refractivity contribution in [2.45, 2.75) is 12.1 Å². The van der Waals surface area contributed by atoms with Crippen molar-refractivity contribution in [1.29, 1.82) is 0 Å². The molecule has 0 spiro atoms. The highest BCUT2D eigenvalue weighted by Crippen LogP contribution is 2.39. The number of para-hydroxylation sites is 5. The second kappa shape index (κ2) is 10.2. The third-order valence-electron chi connectivity index (χ3n) is 9.21. The third-order valence-corrected chi connectivity index (χ3v) is 9.21. The Kier molecular flexibility index (Phi) is 5.90. The number of nitrogens with zero attached hydrogens (tertiary/aromatic N) is 2. The zero-order valence-electron chi connectivity index (χ0n) is 24.2. The maximum absolute atomic E-state index is 6.72. The molecule has 0 amide bonds. The van der Waals surface area contributed by atoms with Gasteiger partial charge >= 0.3 is 0 Å². The Hall–Kier alpha value is -5.16. The van der Waals surface area contributed by atoms with E-state index in [1.54, 1.807) is 0 Å². The van der Waals surface area contributed by atoms with Crippen LogP contribution >= 0.6 is 0 Å². The zero-order valence-corrected chi connectivity index (χ0v) is 24.2. The molecule has 44 heavy (non-hydrogen) atoms. The molecule has 1 saturated heterocycles. The molecule has 3 heterocycles. The number of hydrogen-bond donors (Lipinski definition) is 1. The molecule has 0 bridgehead atoms. The van der Waals surface area contributed by atoms with Gasteiger partial charge in [0.15, 0.2) is 0 Å². The molecule has 2 atom stereocenters. The van der Waals surface area contributed by atoms with Gasteiger partial charge in [-0.3, -0.25) is 0 Å².